The molecule has 0 aromatic carbocycles. The Morgan fingerprint density at radius 1 is 1.46 bits per heavy atom. The number of carbonyl (C=O) groups excluding carboxylic acids is 1. The molecule has 13 heavy (non-hydrogen) atoms. The molecule has 1 saturated carbocycles. The zero-order chi connectivity index (χ0) is 9.68. The molecule has 0 amide bonds. The molecule has 0 bridgehead atoms. The number of hydrogen-bond acceptors (Lipinski definition) is 2. The Bertz CT molecular complexity index is 159. The molecule has 76 valence electrons. The zero-order valence-corrected chi connectivity index (χ0v) is 8.71. The van der Waals surface area contributed by atoms with E-state index in [4.69, 9.17) is 4.74 Å². The van der Waals surface area contributed by atoms with Crippen molar-refractivity contribution in [2.24, 2.45) is 11.8 Å². The van der Waals surface area contributed by atoms with Crippen LogP contribution in [0.1, 0.15) is 39.5 Å². The van der Waals surface area contributed by atoms with Gasteiger partial charge in [0, 0.05) is 19.1 Å². The Labute approximate surface area is 80.7 Å². The Morgan fingerprint density at radius 3 is 2.69 bits per heavy atom. The highest BCUT2D eigenvalue weighted by atomic mass is 16.5. The van der Waals surface area contributed by atoms with Gasteiger partial charge in [0.1, 0.15) is 5.78 Å². The Kier molecular flexibility index (Phi) is 4.43. The van der Waals surface area contributed by atoms with Gasteiger partial charge in [-0.1, -0.05) is 13.3 Å². The van der Waals surface area contributed by atoms with Crippen molar-refractivity contribution in [1.82, 2.24) is 0 Å². The van der Waals surface area contributed by atoms with Gasteiger partial charge < -0.3 is 4.74 Å². The maximum Gasteiger partial charge on any atom is 0.132 e. The molecule has 0 aromatic rings. The smallest absolute Gasteiger partial charge is 0.132 e. The van der Waals surface area contributed by atoms with Crippen molar-refractivity contribution in [3.05, 3.63) is 0 Å². The van der Waals surface area contributed by atoms with Crippen LogP contribution in [0.25, 0.3) is 0 Å². The van der Waals surface area contributed by atoms with Crippen molar-refractivity contribution in [1.29, 1.82) is 0 Å². The molecule has 0 saturated heterocycles. The second-order valence-electron chi connectivity index (χ2n) is 4.07. The van der Waals surface area contributed by atoms with Crippen LogP contribution in [0.3, 0.4) is 0 Å². The zero-order valence-electron chi connectivity index (χ0n) is 8.71. The summed E-state index contributed by atoms with van der Waals surface area (Å²) in [6, 6.07) is 0. The highest BCUT2D eigenvalue weighted by Gasteiger charge is 2.31. The van der Waals surface area contributed by atoms with Gasteiger partial charge in [-0.15, -0.1) is 0 Å². The lowest BCUT2D eigenvalue weighted by atomic mass is 9.73. The fourth-order valence-corrected chi connectivity index (χ4v) is 1.70. The summed E-state index contributed by atoms with van der Waals surface area (Å²) in [5.41, 5.74) is 0. The van der Waals surface area contributed by atoms with E-state index < -0.39 is 0 Å². The largest absolute Gasteiger partial charge is 0.381 e. The van der Waals surface area contributed by atoms with Crippen molar-refractivity contribution < 1.29 is 9.53 Å². The van der Waals surface area contributed by atoms with Crippen molar-refractivity contribution in [3.8, 4) is 0 Å². The molecule has 2 heteroatoms. The van der Waals surface area contributed by atoms with E-state index in [2.05, 4.69) is 6.92 Å². The molecule has 0 N–H and O–H groups in total. The monoisotopic (exact) mass is 184 g/mol. The minimum absolute atomic E-state index is 0.347. The SMILES string of the molecule is CCCCOCC1CC(C(C)=O)C1. The first-order valence-electron chi connectivity index (χ1n) is 5.32. The van der Waals surface area contributed by atoms with Crippen LogP contribution < -0.4 is 0 Å². The molecule has 0 unspecified atom stereocenters. The van der Waals surface area contributed by atoms with Crippen molar-refractivity contribution in [2.45, 2.75) is 39.5 Å². The lowest BCUT2D eigenvalue weighted by Gasteiger charge is -2.33. The highest BCUT2D eigenvalue weighted by molar-refractivity contribution is 5.79. The van der Waals surface area contributed by atoms with E-state index >= 15 is 0 Å². The molecule has 0 heterocycles. The van der Waals surface area contributed by atoms with E-state index in [1.54, 1.807) is 6.92 Å². The van der Waals surface area contributed by atoms with Gasteiger partial charge >= 0.3 is 0 Å². The van der Waals surface area contributed by atoms with Gasteiger partial charge in [0.25, 0.3) is 0 Å². The minimum atomic E-state index is 0.347. The summed E-state index contributed by atoms with van der Waals surface area (Å²) in [7, 11) is 0. The third-order valence-corrected chi connectivity index (χ3v) is 2.81. The third-order valence-electron chi connectivity index (χ3n) is 2.81. The average Bonchev–Trinajstić information content (AvgIpc) is 2.00. The summed E-state index contributed by atoms with van der Waals surface area (Å²) in [5, 5.41) is 0. The number of unbranched alkanes of at least 4 members (excludes halogenated alkanes) is 1. The van der Waals surface area contributed by atoms with Crippen LogP contribution in [0.5, 0.6) is 0 Å². The van der Waals surface area contributed by atoms with Gasteiger partial charge in [-0.05, 0) is 32.1 Å². The number of ketones is 1. The van der Waals surface area contributed by atoms with Crippen LogP contribution in [0.15, 0.2) is 0 Å². The highest BCUT2D eigenvalue weighted by Crippen LogP contribution is 2.34. The molecule has 1 aliphatic carbocycles. The molecule has 1 fully saturated rings. The summed E-state index contributed by atoms with van der Waals surface area (Å²) in [4.78, 5) is 10.9. The summed E-state index contributed by atoms with van der Waals surface area (Å²) in [6.45, 7) is 5.61. The maximum absolute atomic E-state index is 10.9. The van der Waals surface area contributed by atoms with Crippen LogP contribution in [-0.4, -0.2) is 19.0 Å². The number of carbonyl (C=O) groups is 1. The fraction of sp³-hybridized carbons (Fsp3) is 0.909. The number of rotatable bonds is 6. The molecule has 2 nitrogen and oxygen atoms in total. The lowest BCUT2D eigenvalue weighted by molar-refractivity contribution is -0.125. The van der Waals surface area contributed by atoms with Crippen molar-refractivity contribution in [3.63, 3.8) is 0 Å². The average molecular weight is 184 g/mol. The lowest BCUT2D eigenvalue weighted by Crippen LogP contribution is -2.32. The van der Waals surface area contributed by atoms with Crippen LogP contribution in [0.2, 0.25) is 0 Å². The fourth-order valence-electron chi connectivity index (χ4n) is 1.70. The summed E-state index contributed by atoms with van der Waals surface area (Å²) in [5.74, 6) is 1.36. The first-order chi connectivity index (χ1) is 6.24. The Morgan fingerprint density at radius 2 is 2.15 bits per heavy atom. The van der Waals surface area contributed by atoms with Gasteiger partial charge in [-0.25, -0.2) is 0 Å². The van der Waals surface area contributed by atoms with Gasteiger partial charge in [0.2, 0.25) is 0 Å². The molecule has 0 aromatic heterocycles. The summed E-state index contributed by atoms with van der Waals surface area (Å²) >= 11 is 0. The number of ether oxygens (including phenoxy) is 1. The second-order valence-corrected chi connectivity index (χ2v) is 4.07. The van der Waals surface area contributed by atoms with E-state index in [-0.39, 0.29) is 0 Å². The summed E-state index contributed by atoms with van der Waals surface area (Å²) < 4.78 is 5.49. The first-order valence-corrected chi connectivity index (χ1v) is 5.32. The minimum Gasteiger partial charge on any atom is -0.381 e. The van der Waals surface area contributed by atoms with Crippen molar-refractivity contribution in [2.75, 3.05) is 13.2 Å². The summed E-state index contributed by atoms with van der Waals surface area (Å²) in [6.07, 6.45) is 4.46. The van der Waals surface area contributed by atoms with Gasteiger partial charge in [-0.3, -0.25) is 4.79 Å². The predicted molar refractivity (Wildman–Crippen MR) is 52.6 cm³/mol. The van der Waals surface area contributed by atoms with Crippen molar-refractivity contribution >= 4 is 5.78 Å². The molecular formula is C11H20O2. The van der Waals surface area contributed by atoms with Crippen LogP contribution >= 0.6 is 0 Å². The third kappa shape index (κ3) is 3.47. The predicted octanol–water partition coefficient (Wildman–Crippen LogP) is 2.42. The first kappa shape index (κ1) is 10.7. The van der Waals surface area contributed by atoms with E-state index in [9.17, 15) is 4.79 Å². The Balaban J connectivity index is 1.93. The van der Waals surface area contributed by atoms with Crippen LogP contribution in [-0.2, 0) is 9.53 Å². The van der Waals surface area contributed by atoms with Gasteiger partial charge in [0.05, 0.1) is 0 Å². The Hall–Kier alpha value is -0.370. The molecule has 0 spiro atoms. The van der Waals surface area contributed by atoms with E-state index in [1.807, 2.05) is 0 Å². The molecule has 0 atom stereocenters. The normalized spacial score (nSPS) is 26.9. The second kappa shape index (κ2) is 5.38. The quantitative estimate of drug-likeness (QED) is 0.592. The molecule has 1 rings (SSSR count). The molecule has 0 aliphatic heterocycles. The topological polar surface area (TPSA) is 26.3 Å². The van der Waals surface area contributed by atoms with Gasteiger partial charge in [-0.2, -0.15) is 0 Å². The van der Waals surface area contributed by atoms with E-state index in [1.165, 1.54) is 6.42 Å². The molecule has 0 radical (unpaired) electrons. The molecule has 1 aliphatic rings. The molecular weight excluding hydrogens is 164 g/mol. The number of hydrogen-bond donors (Lipinski definition) is 0. The number of Topliss-reactive ketones (excluding diaryl/α,β-unsaturated/α-hetero) is 1. The standard InChI is InChI=1S/C11H20O2/c1-3-4-5-13-8-10-6-11(7-10)9(2)12/h10-11H,3-8H2,1-2H3. The van der Waals surface area contributed by atoms with Gasteiger partial charge in [0.15, 0.2) is 0 Å². The van der Waals surface area contributed by atoms with E-state index in [0.717, 1.165) is 32.5 Å². The van der Waals surface area contributed by atoms with Crippen LogP contribution in [0.4, 0.5) is 0 Å². The van der Waals surface area contributed by atoms with E-state index in [0.29, 0.717) is 17.6 Å². The maximum atomic E-state index is 10.9. The van der Waals surface area contributed by atoms with Crippen LogP contribution in [0, 0.1) is 11.8 Å².